The molecule has 5 aromatic rings. The number of ether oxygens (including phenoxy) is 2. The zero-order valence-corrected chi connectivity index (χ0v) is 23.9. The van der Waals surface area contributed by atoms with Crippen LogP contribution in [-0.2, 0) is 6.18 Å². The Morgan fingerprint density at radius 1 is 1.00 bits per heavy atom. The van der Waals surface area contributed by atoms with E-state index in [-0.39, 0.29) is 24.4 Å². The number of urea groups is 1. The second kappa shape index (κ2) is 12.6. The van der Waals surface area contributed by atoms with E-state index in [1.807, 2.05) is 0 Å². The number of nitrogens with two attached hydrogens (primary N) is 1. The molecule has 0 bridgehead atoms. The highest BCUT2D eigenvalue weighted by molar-refractivity contribution is 5.89. The summed E-state index contributed by atoms with van der Waals surface area (Å²) < 4.78 is 79.6. The lowest BCUT2D eigenvalue weighted by molar-refractivity contribution is -0.137. The van der Waals surface area contributed by atoms with Crippen LogP contribution in [0.3, 0.4) is 0 Å². The number of halogens is 5. The molecule has 0 aliphatic heterocycles. The minimum absolute atomic E-state index is 0.110. The van der Waals surface area contributed by atoms with Crippen LogP contribution in [0.15, 0.2) is 60.8 Å². The summed E-state index contributed by atoms with van der Waals surface area (Å²) in [6, 6.07) is 11.9. The molecule has 0 atom stereocenters. The number of hydrogen-bond acceptors (Lipinski definition) is 7. The molecular weight excluding hydrogens is 601 g/mol. The molecule has 45 heavy (non-hydrogen) atoms. The second-order valence-electron chi connectivity index (χ2n) is 9.77. The SMILES string of the molecule is COc1cc(-c2ccc3nc(C)c(-c4cnc(N)c(C(F)(F)F)c4)n3n2)ccc1OCCCNC(=O)Nc1ccc(F)c(F)c1. The summed E-state index contributed by atoms with van der Waals surface area (Å²) in [4.78, 5) is 20.2. The van der Waals surface area contributed by atoms with Crippen molar-refractivity contribution in [2.45, 2.75) is 19.5 Å². The first-order valence-electron chi connectivity index (χ1n) is 13.4. The summed E-state index contributed by atoms with van der Waals surface area (Å²) in [6.07, 6.45) is -3.01. The van der Waals surface area contributed by atoms with Crippen molar-refractivity contribution >= 4 is 23.2 Å². The van der Waals surface area contributed by atoms with Crippen LogP contribution in [0.1, 0.15) is 17.7 Å². The molecule has 0 saturated carbocycles. The normalized spacial score (nSPS) is 11.4. The van der Waals surface area contributed by atoms with Gasteiger partial charge in [0.25, 0.3) is 0 Å². The monoisotopic (exact) mass is 627 g/mol. The molecule has 0 saturated heterocycles. The minimum Gasteiger partial charge on any atom is -0.493 e. The number of methoxy groups -OCH3 is 1. The fourth-order valence-electron chi connectivity index (χ4n) is 4.51. The Morgan fingerprint density at radius 2 is 1.80 bits per heavy atom. The van der Waals surface area contributed by atoms with Crippen LogP contribution in [0.2, 0.25) is 0 Å². The number of nitrogens with zero attached hydrogens (tertiary/aromatic N) is 4. The molecular formula is C30H26F5N7O3. The molecule has 10 nitrogen and oxygen atoms in total. The Balaban J connectivity index is 1.27. The van der Waals surface area contributed by atoms with Crippen molar-refractivity contribution in [3.05, 3.63) is 83.7 Å². The van der Waals surface area contributed by atoms with Gasteiger partial charge in [0.05, 0.1) is 36.4 Å². The van der Waals surface area contributed by atoms with E-state index in [0.717, 1.165) is 18.2 Å². The number of nitrogens with one attached hydrogen (secondary N) is 2. The summed E-state index contributed by atoms with van der Waals surface area (Å²) in [5.41, 5.74) is 7.04. The smallest absolute Gasteiger partial charge is 0.419 e. The minimum atomic E-state index is -4.68. The number of pyridine rings is 1. The number of carbonyl (C=O) groups is 1. The number of benzene rings is 2. The van der Waals surface area contributed by atoms with E-state index in [1.165, 1.54) is 23.9 Å². The number of carbonyl (C=O) groups excluding carboxylic acids is 1. The van der Waals surface area contributed by atoms with Gasteiger partial charge in [-0.25, -0.2) is 28.1 Å². The first kappa shape index (κ1) is 31.0. The molecule has 0 aliphatic rings. The number of fused-ring (bicyclic) bond motifs is 1. The van der Waals surface area contributed by atoms with E-state index >= 15 is 0 Å². The first-order chi connectivity index (χ1) is 21.4. The number of anilines is 2. The molecule has 0 spiro atoms. The maximum Gasteiger partial charge on any atom is 0.419 e. The third-order valence-electron chi connectivity index (χ3n) is 6.65. The molecule has 0 unspecified atom stereocenters. The Bertz CT molecular complexity index is 1880. The Labute approximate surface area is 253 Å². The van der Waals surface area contributed by atoms with Crippen molar-refractivity contribution in [1.82, 2.24) is 24.9 Å². The number of nitrogen functional groups attached to an aromatic ring is 1. The molecule has 15 heteroatoms. The van der Waals surface area contributed by atoms with Gasteiger partial charge >= 0.3 is 12.2 Å². The van der Waals surface area contributed by atoms with Gasteiger partial charge in [-0.2, -0.15) is 18.3 Å². The number of aromatic nitrogens is 4. The average Bonchev–Trinajstić information content (AvgIpc) is 3.33. The van der Waals surface area contributed by atoms with Crippen molar-refractivity contribution in [3.8, 4) is 34.0 Å². The number of amides is 2. The number of rotatable bonds is 9. The second-order valence-corrected chi connectivity index (χ2v) is 9.77. The summed E-state index contributed by atoms with van der Waals surface area (Å²) in [6.45, 7) is 2.12. The first-order valence-corrected chi connectivity index (χ1v) is 13.4. The molecule has 234 valence electrons. The topological polar surface area (TPSA) is 129 Å². The molecule has 5 rings (SSSR count). The van der Waals surface area contributed by atoms with Gasteiger partial charge < -0.3 is 25.8 Å². The summed E-state index contributed by atoms with van der Waals surface area (Å²) in [5, 5.41) is 9.65. The lowest BCUT2D eigenvalue weighted by Crippen LogP contribution is -2.30. The van der Waals surface area contributed by atoms with Gasteiger partial charge in [0.1, 0.15) is 5.82 Å². The lowest BCUT2D eigenvalue weighted by atomic mass is 10.1. The summed E-state index contributed by atoms with van der Waals surface area (Å²) in [5.74, 6) is -1.88. The van der Waals surface area contributed by atoms with Gasteiger partial charge in [-0.3, -0.25) is 0 Å². The van der Waals surface area contributed by atoms with Gasteiger partial charge in [0.2, 0.25) is 0 Å². The largest absolute Gasteiger partial charge is 0.493 e. The van der Waals surface area contributed by atoms with Crippen molar-refractivity contribution in [3.63, 3.8) is 0 Å². The zero-order valence-electron chi connectivity index (χ0n) is 23.9. The Kier molecular flexibility index (Phi) is 8.70. The van der Waals surface area contributed by atoms with E-state index in [4.69, 9.17) is 15.2 Å². The number of hydrogen-bond donors (Lipinski definition) is 3. The lowest BCUT2D eigenvalue weighted by Gasteiger charge is -2.13. The van der Waals surface area contributed by atoms with Gasteiger partial charge in [0.15, 0.2) is 28.8 Å². The van der Waals surface area contributed by atoms with Gasteiger partial charge in [0, 0.05) is 35.6 Å². The third-order valence-corrected chi connectivity index (χ3v) is 6.65. The zero-order chi connectivity index (χ0) is 32.3. The molecule has 0 aliphatic carbocycles. The summed E-state index contributed by atoms with van der Waals surface area (Å²) >= 11 is 0. The molecule has 0 fully saturated rings. The Hall–Kier alpha value is -5.47. The van der Waals surface area contributed by atoms with Crippen LogP contribution in [0.25, 0.3) is 28.2 Å². The predicted molar refractivity (Wildman–Crippen MR) is 156 cm³/mol. The third kappa shape index (κ3) is 6.87. The molecule has 3 aromatic heterocycles. The number of alkyl halides is 3. The Morgan fingerprint density at radius 3 is 2.53 bits per heavy atom. The molecule has 2 aromatic carbocycles. The van der Waals surface area contributed by atoms with Crippen molar-refractivity contribution < 1.29 is 36.2 Å². The molecule has 3 heterocycles. The van der Waals surface area contributed by atoms with Crippen LogP contribution in [0.4, 0.5) is 38.3 Å². The highest BCUT2D eigenvalue weighted by Crippen LogP contribution is 2.36. The van der Waals surface area contributed by atoms with Crippen LogP contribution >= 0.6 is 0 Å². The molecule has 4 N–H and O–H groups in total. The van der Waals surface area contributed by atoms with E-state index in [2.05, 4.69) is 25.7 Å². The van der Waals surface area contributed by atoms with Crippen LogP contribution < -0.4 is 25.8 Å². The van der Waals surface area contributed by atoms with Crippen molar-refractivity contribution in [1.29, 1.82) is 0 Å². The molecule has 0 radical (unpaired) electrons. The number of imidazole rings is 1. The maximum absolute atomic E-state index is 13.5. The van der Waals surface area contributed by atoms with Gasteiger partial charge in [-0.1, -0.05) is 0 Å². The highest BCUT2D eigenvalue weighted by atomic mass is 19.4. The van der Waals surface area contributed by atoms with E-state index in [1.54, 1.807) is 37.3 Å². The van der Waals surface area contributed by atoms with Crippen molar-refractivity contribution in [2.75, 3.05) is 31.3 Å². The van der Waals surface area contributed by atoms with E-state index in [9.17, 15) is 26.7 Å². The van der Waals surface area contributed by atoms with Crippen LogP contribution in [0, 0.1) is 18.6 Å². The van der Waals surface area contributed by atoms with Crippen molar-refractivity contribution in [2.24, 2.45) is 0 Å². The van der Waals surface area contributed by atoms with Crippen LogP contribution in [-0.4, -0.2) is 45.9 Å². The fraction of sp³-hybridized carbons (Fsp3) is 0.200. The van der Waals surface area contributed by atoms with Crippen LogP contribution in [0.5, 0.6) is 11.5 Å². The highest BCUT2D eigenvalue weighted by Gasteiger charge is 2.34. The van der Waals surface area contributed by atoms with E-state index < -0.39 is 35.2 Å². The van der Waals surface area contributed by atoms with Gasteiger partial charge in [-0.05, 0) is 61.9 Å². The maximum atomic E-state index is 13.5. The molecule has 2 amide bonds. The quantitative estimate of drug-likeness (QED) is 0.130. The van der Waals surface area contributed by atoms with Gasteiger partial charge in [-0.15, -0.1) is 0 Å². The standard InChI is InChI=1S/C30H26F5N7O3/c1-16-27(18-12-20(30(33,34)35)28(36)38-15-18)42-26(39-16)9-7-23(41-42)17-4-8-24(25(13-17)44-2)45-11-3-10-37-29(43)40-19-5-6-21(31)22(32)14-19/h4-9,12-15H,3,10-11H2,1-2H3,(H2,36,38)(H2,37,40,43). The summed E-state index contributed by atoms with van der Waals surface area (Å²) in [7, 11) is 1.47. The fourth-order valence-corrected chi connectivity index (χ4v) is 4.51. The van der Waals surface area contributed by atoms with E-state index in [0.29, 0.717) is 46.2 Å². The average molecular weight is 628 g/mol. The number of aryl methyl sites for hydroxylation is 1. The predicted octanol–water partition coefficient (Wildman–Crippen LogP) is 6.25.